The lowest BCUT2D eigenvalue weighted by molar-refractivity contribution is -0.274. The van der Waals surface area contributed by atoms with Crippen molar-refractivity contribution in [2.75, 3.05) is 19.5 Å². The van der Waals surface area contributed by atoms with Crippen LogP contribution in [-0.2, 0) is 4.79 Å². The first-order valence-electron chi connectivity index (χ1n) is 7.37. The van der Waals surface area contributed by atoms with Gasteiger partial charge in [0.15, 0.2) is 0 Å². The molecule has 0 fully saturated rings. The van der Waals surface area contributed by atoms with Crippen LogP contribution in [0.5, 0.6) is 17.2 Å². The van der Waals surface area contributed by atoms with Crippen molar-refractivity contribution in [3.63, 3.8) is 0 Å². The molecular weight excluding hydrogens is 351 g/mol. The Hall–Kier alpha value is -3.16. The molecule has 0 heterocycles. The lowest BCUT2D eigenvalue weighted by Gasteiger charge is -2.09. The van der Waals surface area contributed by atoms with Crippen molar-refractivity contribution in [2.24, 2.45) is 0 Å². The minimum absolute atomic E-state index is 0.331. The fourth-order valence-electron chi connectivity index (χ4n) is 2.02. The van der Waals surface area contributed by atoms with Crippen LogP contribution in [0, 0.1) is 0 Å². The third kappa shape index (κ3) is 6.04. The van der Waals surface area contributed by atoms with Gasteiger partial charge in [0, 0.05) is 17.8 Å². The molecule has 0 saturated heterocycles. The molecule has 0 spiro atoms. The van der Waals surface area contributed by atoms with Crippen molar-refractivity contribution in [1.82, 2.24) is 0 Å². The van der Waals surface area contributed by atoms with Gasteiger partial charge in [-0.25, -0.2) is 0 Å². The molecule has 2 aromatic rings. The van der Waals surface area contributed by atoms with Gasteiger partial charge in [-0.1, -0.05) is 0 Å². The zero-order valence-electron chi connectivity index (χ0n) is 14.0. The summed E-state index contributed by atoms with van der Waals surface area (Å²) >= 11 is 0. The first-order valence-corrected chi connectivity index (χ1v) is 7.37. The van der Waals surface area contributed by atoms with Crippen molar-refractivity contribution in [1.29, 1.82) is 0 Å². The van der Waals surface area contributed by atoms with Gasteiger partial charge in [0.1, 0.15) is 17.2 Å². The van der Waals surface area contributed by atoms with Gasteiger partial charge < -0.3 is 19.5 Å². The summed E-state index contributed by atoms with van der Waals surface area (Å²) in [7, 11) is 3.03. The van der Waals surface area contributed by atoms with Gasteiger partial charge in [0.2, 0.25) is 5.91 Å². The summed E-state index contributed by atoms with van der Waals surface area (Å²) in [6.45, 7) is 0. The van der Waals surface area contributed by atoms with Gasteiger partial charge >= 0.3 is 6.36 Å². The highest BCUT2D eigenvalue weighted by Gasteiger charge is 2.30. The molecule has 0 radical (unpaired) electrons. The predicted octanol–water partition coefficient (Wildman–Crippen LogP) is 4.25. The van der Waals surface area contributed by atoms with Crippen LogP contribution < -0.4 is 19.5 Å². The molecule has 0 aliphatic rings. The van der Waals surface area contributed by atoms with E-state index in [0.717, 1.165) is 12.1 Å². The minimum Gasteiger partial charge on any atom is -0.497 e. The Morgan fingerprint density at radius 3 is 2.04 bits per heavy atom. The Balaban J connectivity index is 2.01. The summed E-state index contributed by atoms with van der Waals surface area (Å²) in [6, 6.07) is 9.97. The van der Waals surface area contributed by atoms with Crippen molar-refractivity contribution in [3.05, 3.63) is 54.1 Å². The molecule has 1 N–H and O–H groups in total. The van der Waals surface area contributed by atoms with Crippen molar-refractivity contribution in [2.45, 2.75) is 6.36 Å². The molecule has 5 nitrogen and oxygen atoms in total. The first kappa shape index (κ1) is 19.2. The van der Waals surface area contributed by atoms with Crippen molar-refractivity contribution >= 4 is 17.7 Å². The number of halogens is 3. The number of anilines is 1. The summed E-state index contributed by atoms with van der Waals surface area (Å²) in [5.74, 6) is 0.333. The van der Waals surface area contributed by atoms with E-state index in [1.807, 2.05) is 0 Å². The highest BCUT2D eigenvalue weighted by Crippen LogP contribution is 2.25. The second-order valence-electron chi connectivity index (χ2n) is 5.04. The van der Waals surface area contributed by atoms with Crippen LogP contribution >= 0.6 is 0 Å². The maximum absolute atomic E-state index is 12.1. The zero-order chi connectivity index (χ0) is 19.2. The SMILES string of the molecule is COc1cc(/C=C/C(=O)Nc2ccc(OC(F)(F)F)cc2)cc(OC)c1. The van der Waals surface area contributed by atoms with Crippen molar-refractivity contribution in [3.8, 4) is 17.2 Å². The minimum atomic E-state index is -4.76. The van der Waals surface area contributed by atoms with Gasteiger partial charge in [-0.15, -0.1) is 13.2 Å². The molecule has 0 aliphatic heterocycles. The Kier molecular flexibility index (Phi) is 6.11. The van der Waals surface area contributed by atoms with E-state index in [2.05, 4.69) is 10.1 Å². The number of alkyl halides is 3. The van der Waals surface area contributed by atoms with Crippen LogP contribution in [0.1, 0.15) is 5.56 Å². The topological polar surface area (TPSA) is 56.8 Å². The van der Waals surface area contributed by atoms with Crippen LogP contribution in [0.4, 0.5) is 18.9 Å². The number of rotatable bonds is 6. The fourth-order valence-corrected chi connectivity index (χ4v) is 2.02. The normalized spacial score (nSPS) is 11.3. The molecule has 26 heavy (non-hydrogen) atoms. The number of amides is 1. The zero-order valence-corrected chi connectivity index (χ0v) is 14.0. The Labute approximate surface area is 148 Å². The number of methoxy groups -OCH3 is 2. The molecule has 8 heteroatoms. The smallest absolute Gasteiger partial charge is 0.497 e. The van der Waals surface area contributed by atoms with Gasteiger partial charge in [-0.05, 0) is 48.0 Å². The van der Waals surface area contributed by atoms with E-state index in [1.165, 1.54) is 32.4 Å². The number of nitrogens with one attached hydrogen (secondary N) is 1. The molecule has 2 aromatic carbocycles. The van der Waals surface area contributed by atoms with Crippen molar-refractivity contribution < 1.29 is 32.2 Å². The van der Waals surface area contributed by atoms with E-state index < -0.39 is 12.3 Å². The molecule has 0 aromatic heterocycles. The fraction of sp³-hybridized carbons (Fsp3) is 0.167. The second-order valence-corrected chi connectivity index (χ2v) is 5.04. The molecule has 0 bridgehead atoms. The lowest BCUT2D eigenvalue weighted by atomic mass is 10.2. The van der Waals surface area contributed by atoms with E-state index in [0.29, 0.717) is 22.7 Å². The predicted molar refractivity (Wildman–Crippen MR) is 90.3 cm³/mol. The molecule has 2 rings (SSSR count). The average molecular weight is 367 g/mol. The maximum Gasteiger partial charge on any atom is 0.573 e. The highest BCUT2D eigenvalue weighted by atomic mass is 19.4. The molecule has 0 aliphatic carbocycles. The van der Waals surface area contributed by atoms with E-state index in [1.54, 1.807) is 24.3 Å². The summed E-state index contributed by atoms with van der Waals surface area (Å²) in [4.78, 5) is 11.9. The standard InChI is InChI=1S/C18H16F3NO4/c1-24-15-9-12(10-16(11-15)25-2)3-8-17(23)22-13-4-6-14(7-5-13)26-18(19,20)21/h3-11H,1-2H3,(H,22,23)/b8-3+. The molecule has 0 saturated carbocycles. The monoisotopic (exact) mass is 367 g/mol. The largest absolute Gasteiger partial charge is 0.573 e. The second kappa shape index (κ2) is 8.28. The van der Waals surface area contributed by atoms with E-state index >= 15 is 0 Å². The number of hydrogen-bond acceptors (Lipinski definition) is 4. The number of ether oxygens (including phenoxy) is 3. The number of carbonyl (C=O) groups excluding carboxylic acids is 1. The Morgan fingerprint density at radius 1 is 0.962 bits per heavy atom. The van der Waals surface area contributed by atoms with Gasteiger partial charge in [0.25, 0.3) is 0 Å². The van der Waals surface area contributed by atoms with E-state index in [4.69, 9.17) is 9.47 Å². The molecular formula is C18H16F3NO4. The quantitative estimate of drug-likeness (QED) is 0.776. The number of benzene rings is 2. The van der Waals surface area contributed by atoms with Crippen LogP contribution in [0.25, 0.3) is 6.08 Å². The average Bonchev–Trinajstić information content (AvgIpc) is 2.60. The van der Waals surface area contributed by atoms with Crippen LogP contribution in [0.15, 0.2) is 48.5 Å². The van der Waals surface area contributed by atoms with E-state index in [9.17, 15) is 18.0 Å². The van der Waals surface area contributed by atoms with Gasteiger partial charge in [-0.2, -0.15) is 0 Å². The summed E-state index contributed by atoms with van der Waals surface area (Å²) in [5.41, 5.74) is 1.02. The Bertz CT molecular complexity index is 764. The van der Waals surface area contributed by atoms with E-state index in [-0.39, 0.29) is 5.75 Å². The molecule has 1 amide bonds. The summed E-state index contributed by atoms with van der Waals surface area (Å²) in [6.07, 6.45) is -1.92. The summed E-state index contributed by atoms with van der Waals surface area (Å²) < 4.78 is 50.3. The first-order chi connectivity index (χ1) is 12.3. The van der Waals surface area contributed by atoms with Crippen LogP contribution in [0.2, 0.25) is 0 Å². The maximum atomic E-state index is 12.1. The van der Waals surface area contributed by atoms with Gasteiger partial charge in [-0.3, -0.25) is 4.79 Å². The molecule has 138 valence electrons. The number of hydrogen-bond donors (Lipinski definition) is 1. The third-order valence-electron chi connectivity index (χ3n) is 3.16. The molecule has 0 atom stereocenters. The Morgan fingerprint density at radius 2 is 1.54 bits per heavy atom. The van der Waals surface area contributed by atoms with Crippen LogP contribution in [-0.4, -0.2) is 26.5 Å². The van der Waals surface area contributed by atoms with Crippen LogP contribution in [0.3, 0.4) is 0 Å². The highest BCUT2D eigenvalue weighted by molar-refractivity contribution is 6.02. The third-order valence-corrected chi connectivity index (χ3v) is 3.16. The molecule has 0 unspecified atom stereocenters. The number of carbonyl (C=O) groups is 1. The summed E-state index contributed by atoms with van der Waals surface area (Å²) in [5, 5.41) is 2.53. The lowest BCUT2D eigenvalue weighted by Crippen LogP contribution is -2.17. The van der Waals surface area contributed by atoms with Gasteiger partial charge in [0.05, 0.1) is 14.2 Å².